The highest BCUT2D eigenvalue weighted by Crippen LogP contribution is 2.27. The largest absolute Gasteiger partial charge is 0.545 e. The number of carbonyl (C=O) groups is 2. The summed E-state index contributed by atoms with van der Waals surface area (Å²) >= 11 is 0. The van der Waals surface area contributed by atoms with E-state index in [-0.39, 0.29) is 23.2 Å². The predicted molar refractivity (Wildman–Crippen MR) is 120 cm³/mol. The molecule has 0 bridgehead atoms. The summed E-state index contributed by atoms with van der Waals surface area (Å²) in [6, 6.07) is 19.5. The van der Waals surface area contributed by atoms with Gasteiger partial charge in [-0.05, 0) is 46.9 Å². The third kappa shape index (κ3) is 5.60. The minimum Gasteiger partial charge on any atom is -0.545 e. The number of carbonyl (C=O) groups excluding carboxylic acids is 2. The Hall–Kier alpha value is -4.51. The highest BCUT2D eigenvalue weighted by atomic mass is 16.6. The lowest BCUT2D eigenvalue weighted by molar-refractivity contribution is -0.524. The predicted octanol–water partition coefficient (Wildman–Crippen LogP) is 3.50. The smallest absolute Gasteiger partial charge is 0.237 e. The number of nitro groups is 1. The second-order valence-corrected chi connectivity index (χ2v) is 7.45. The number of aryl methyl sites for hydroxylation is 1. The molecule has 0 heterocycles. The zero-order valence-corrected chi connectivity index (χ0v) is 17.8. The van der Waals surface area contributed by atoms with Gasteiger partial charge in [-0.3, -0.25) is 14.9 Å². The van der Waals surface area contributed by atoms with E-state index in [9.17, 15) is 30.1 Å². The number of hydrogen-bond donors (Lipinski definition) is 1. The van der Waals surface area contributed by atoms with Crippen LogP contribution in [0.25, 0.3) is 11.1 Å². The van der Waals surface area contributed by atoms with Crippen molar-refractivity contribution in [1.82, 2.24) is 0 Å². The molecular formula is C25H20N3O5-. The minimum absolute atomic E-state index is 0.0781. The molecular weight excluding hydrogens is 422 g/mol. The maximum atomic E-state index is 12.5. The van der Waals surface area contributed by atoms with Crippen LogP contribution >= 0.6 is 0 Å². The average molecular weight is 442 g/mol. The van der Waals surface area contributed by atoms with Crippen LogP contribution in [-0.2, 0) is 11.2 Å². The first-order chi connectivity index (χ1) is 15.8. The fraction of sp³-hybridized carbons (Fsp3) is 0.160. The number of benzene rings is 3. The van der Waals surface area contributed by atoms with Crippen LogP contribution in [-0.4, -0.2) is 16.8 Å². The molecule has 1 unspecified atom stereocenters. The second-order valence-electron chi connectivity index (χ2n) is 7.45. The summed E-state index contributed by atoms with van der Waals surface area (Å²) in [4.78, 5) is 34.3. The van der Waals surface area contributed by atoms with E-state index in [1.165, 1.54) is 25.1 Å². The maximum absolute atomic E-state index is 12.5. The van der Waals surface area contributed by atoms with Crippen LogP contribution in [0, 0.1) is 21.4 Å². The molecule has 8 heteroatoms. The van der Waals surface area contributed by atoms with Crippen molar-refractivity contribution in [3.63, 3.8) is 0 Å². The summed E-state index contributed by atoms with van der Waals surface area (Å²) in [5, 5.41) is 34.2. The van der Waals surface area contributed by atoms with Crippen LogP contribution in [0.2, 0.25) is 0 Å². The molecule has 0 radical (unpaired) electrons. The Bertz CT molecular complexity index is 1250. The summed E-state index contributed by atoms with van der Waals surface area (Å²) in [5.74, 6) is -1.84. The Morgan fingerprint density at radius 2 is 1.79 bits per heavy atom. The van der Waals surface area contributed by atoms with Gasteiger partial charge in [-0.25, -0.2) is 0 Å². The molecule has 3 aromatic carbocycles. The van der Waals surface area contributed by atoms with Gasteiger partial charge < -0.3 is 15.2 Å². The zero-order chi connectivity index (χ0) is 24.0. The summed E-state index contributed by atoms with van der Waals surface area (Å²) in [6.07, 6.45) is 0.502. The van der Waals surface area contributed by atoms with E-state index in [1.807, 2.05) is 36.4 Å². The van der Waals surface area contributed by atoms with E-state index >= 15 is 0 Å². The molecule has 1 N–H and O–H groups in total. The molecule has 0 aromatic heterocycles. The van der Waals surface area contributed by atoms with Crippen molar-refractivity contribution in [1.29, 1.82) is 5.26 Å². The number of nitrogens with one attached hydrogen (secondary N) is 1. The van der Waals surface area contributed by atoms with Crippen LogP contribution < -0.4 is 10.4 Å². The number of nitrogens with zero attached hydrogens (tertiary/aromatic N) is 2. The Morgan fingerprint density at radius 1 is 1.09 bits per heavy atom. The SMILES string of the molecule is CC(c1ccc(C(=O)[O-])cc1NC(=O)CCc1ccc(-c2ccccc2C#N)cc1)[N+](=O)[O-]. The Kier molecular flexibility index (Phi) is 7.16. The standard InChI is InChI=1S/C25H21N3O5/c1-16(28(32)33)21-12-11-19(25(30)31)14-23(21)27-24(29)13-8-17-6-9-18(10-7-17)22-5-3-2-4-20(22)15-26/h2-7,9-12,14,16H,8,13H2,1H3,(H,27,29)(H,30,31)/p-1. The summed E-state index contributed by atoms with van der Waals surface area (Å²) < 4.78 is 0. The molecule has 1 amide bonds. The van der Waals surface area contributed by atoms with Crippen molar-refractivity contribution in [2.45, 2.75) is 25.8 Å². The Balaban J connectivity index is 1.70. The number of aromatic carboxylic acids is 1. The average Bonchev–Trinajstić information content (AvgIpc) is 2.82. The fourth-order valence-electron chi connectivity index (χ4n) is 3.42. The molecule has 1 atom stereocenters. The van der Waals surface area contributed by atoms with E-state index in [0.717, 1.165) is 16.7 Å². The molecule has 8 nitrogen and oxygen atoms in total. The van der Waals surface area contributed by atoms with Gasteiger partial charge in [0.1, 0.15) is 0 Å². The molecule has 3 rings (SSSR count). The van der Waals surface area contributed by atoms with Gasteiger partial charge in [0.05, 0.1) is 23.3 Å². The highest BCUT2D eigenvalue weighted by Gasteiger charge is 2.21. The van der Waals surface area contributed by atoms with Gasteiger partial charge in [0.2, 0.25) is 11.9 Å². The molecule has 33 heavy (non-hydrogen) atoms. The van der Waals surface area contributed by atoms with E-state index in [0.29, 0.717) is 12.0 Å². The van der Waals surface area contributed by atoms with Crippen molar-refractivity contribution < 1.29 is 19.6 Å². The molecule has 0 aliphatic heterocycles. The van der Waals surface area contributed by atoms with Crippen molar-refractivity contribution in [3.05, 3.63) is 99.1 Å². The third-order valence-corrected chi connectivity index (χ3v) is 5.28. The fourth-order valence-corrected chi connectivity index (χ4v) is 3.42. The van der Waals surface area contributed by atoms with Crippen molar-refractivity contribution >= 4 is 17.6 Å². The van der Waals surface area contributed by atoms with E-state index in [2.05, 4.69) is 11.4 Å². The van der Waals surface area contributed by atoms with Gasteiger partial charge in [0, 0.05) is 23.8 Å². The number of nitriles is 1. The zero-order valence-electron chi connectivity index (χ0n) is 17.8. The van der Waals surface area contributed by atoms with E-state index < -0.39 is 22.8 Å². The molecule has 3 aromatic rings. The van der Waals surface area contributed by atoms with Crippen molar-refractivity contribution in [3.8, 4) is 17.2 Å². The Labute approximate surface area is 190 Å². The van der Waals surface area contributed by atoms with Gasteiger partial charge in [0.25, 0.3) is 0 Å². The first-order valence-electron chi connectivity index (χ1n) is 10.2. The lowest BCUT2D eigenvalue weighted by Crippen LogP contribution is -2.23. The van der Waals surface area contributed by atoms with E-state index in [4.69, 9.17) is 0 Å². The maximum Gasteiger partial charge on any atom is 0.237 e. The van der Waals surface area contributed by atoms with Gasteiger partial charge >= 0.3 is 0 Å². The van der Waals surface area contributed by atoms with Gasteiger partial charge in [-0.15, -0.1) is 0 Å². The Morgan fingerprint density at radius 3 is 2.42 bits per heavy atom. The van der Waals surface area contributed by atoms with Crippen LogP contribution in [0.4, 0.5) is 5.69 Å². The number of anilines is 1. The van der Waals surface area contributed by atoms with Gasteiger partial charge in [0.15, 0.2) is 0 Å². The van der Waals surface area contributed by atoms with Crippen molar-refractivity contribution in [2.75, 3.05) is 5.32 Å². The monoisotopic (exact) mass is 442 g/mol. The van der Waals surface area contributed by atoms with E-state index in [1.54, 1.807) is 12.1 Å². The second kappa shape index (κ2) is 10.2. The highest BCUT2D eigenvalue weighted by molar-refractivity contribution is 5.94. The number of amides is 1. The third-order valence-electron chi connectivity index (χ3n) is 5.28. The molecule has 0 saturated carbocycles. The number of rotatable bonds is 8. The quantitative estimate of drug-likeness (QED) is 0.419. The molecule has 0 spiro atoms. The lowest BCUT2D eigenvalue weighted by Gasteiger charge is -2.14. The number of carboxylic acids is 1. The lowest BCUT2D eigenvalue weighted by atomic mass is 9.98. The molecule has 0 aliphatic rings. The topological polar surface area (TPSA) is 136 Å². The van der Waals surface area contributed by atoms with Crippen molar-refractivity contribution in [2.24, 2.45) is 0 Å². The van der Waals surface area contributed by atoms with Crippen LogP contribution in [0.5, 0.6) is 0 Å². The van der Waals surface area contributed by atoms with Gasteiger partial charge in [-0.1, -0.05) is 48.5 Å². The normalized spacial score (nSPS) is 11.3. The van der Waals surface area contributed by atoms with Gasteiger partial charge in [-0.2, -0.15) is 5.26 Å². The number of carboxylic acid groups (broad SMARTS) is 1. The first-order valence-corrected chi connectivity index (χ1v) is 10.2. The summed E-state index contributed by atoms with van der Waals surface area (Å²) in [6.45, 7) is 1.36. The summed E-state index contributed by atoms with van der Waals surface area (Å²) in [7, 11) is 0. The van der Waals surface area contributed by atoms with Crippen LogP contribution in [0.3, 0.4) is 0 Å². The minimum atomic E-state index is -1.44. The first kappa shape index (κ1) is 23.2. The number of hydrogen-bond acceptors (Lipinski definition) is 6. The summed E-state index contributed by atoms with van der Waals surface area (Å²) in [5.41, 5.74) is 3.28. The van der Waals surface area contributed by atoms with Crippen LogP contribution in [0.15, 0.2) is 66.7 Å². The molecule has 0 saturated heterocycles. The molecule has 0 aliphatic carbocycles. The molecule has 0 fully saturated rings. The molecule has 166 valence electrons. The van der Waals surface area contributed by atoms with Crippen LogP contribution in [0.1, 0.15) is 46.4 Å².